The molecule has 0 heterocycles. The Morgan fingerprint density at radius 1 is 1.30 bits per heavy atom. The summed E-state index contributed by atoms with van der Waals surface area (Å²) in [7, 11) is 0. The summed E-state index contributed by atoms with van der Waals surface area (Å²) in [5.74, 6) is -0.732. The first-order valence-corrected chi connectivity index (χ1v) is 5.90. The Morgan fingerprint density at radius 2 is 2.05 bits per heavy atom. The number of benzene rings is 2. The fourth-order valence-electron chi connectivity index (χ4n) is 1.53. The summed E-state index contributed by atoms with van der Waals surface area (Å²) in [4.78, 5) is 9.80. The molecule has 2 aromatic carbocycles. The molecule has 104 valence electrons. The normalized spacial score (nSPS) is 10.3. The van der Waals surface area contributed by atoms with E-state index < -0.39 is 10.7 Å². The number of aliphatic hydroxyl groups is 1. The van der Waals surface area contributed by atoms with Crippen molar-refractivity contribution >= 4 is 17.3 Å². The molecule has 0 aromatic heterocycles. The first kappa shape index (κ1) is 14.2. The van der Waals surface area contributed by atoms with Gasteiger partial charge >= 0.3 is 0 Å². The smallest absolute Gasteiger partial charge is 0.272 e. The van der Waals surface area contributed by atoms with Crippen LogP contribution in [0.1, 0.15) is 5.56 Å². The second kappa shape index (κ2) is 5.85. The molecule has 2 aromatic rings. The quantitative estimate of drug-likeness (QED) is 0.690. The molecule has 0 spiro atoms. The Hall–Kier alpha value is -2.18. The molecule has 7 heteroatoms. The second-order valence-corrected chi connectivity index (χ2v) is 4.29. The van der Waals surface area contributed by atoms with Crippen molar-refractivity contribution < 1.29 is 19.2 Å². The maximum atomic E-state index is 13.6. The van der Waals surface area contributed by atoms with Gasteiger partial charge in [-0.25, -0.2) is 4.39 Å². The van der Waals surface area contributed by atoms with Crippen LogP contribution in [-0.2, 0) is 6.61 Å². The van der Waals surface area contributed by atoms with E-state index in [1.165, 1.54) is 18.2 Å². The summed E-state index contributed by atoms with van der Waals surface area (Å²) in [6, 6.07) is 7.57. The van der Waals surface area contributed by atoms with Crippen LogP contribution in [0, 0.1) is 15.9 Å². The van der Waals surface area contributed by atoms with Gasteiger partial charge in [0.1, 0.15) is 5.75 Å². The topological polar surface area (TPSA) is 72.6 Å². The maximum absolute atomic E-state index is 13.6. The summed E-state index contributed by atoms with van der Waals surface area (Å²) in [5.41, 5.74) is 0.159. The van der Waals surface area contributed by atoms with Crippen LogP contribution in [0.3, 0.4) is 0 Å². The van der Waals surface area contributed by atoms with Gasteiger partial charge in [-0.2, -0.15) is 0 Å². The van der Waals surface area contributed by atoms with Gasteiger partial charge in [0.05, 0.1) is 17.6 Å². The molecule has 0 unspecified atom stereocenters. The lowest BCUT2D eigenvalue weighted by atomic mass is 10.2. The van der Waals surface area contributed by atoms with E-state index in [-0.39, 0.29) is 28.8 Å². The molecule has 0 aliphatic carbocycles. The number of rotatable bonds is 4. The van der Waals surface area contributed by atoms with E-state index >= 15 is 0 Å². The molecular weight excluding hydrogens is 289 g/mol. The second-order valence-electron chi connectivity index (χ2n) is 3.89. The summed E-state index contributed by atoms with van der Waals surface area (Å²) in [5, 5.41) is 19.8. The van der Waals surface area contributed by atoms with Crippen LogP contribution >= 0.6 is 11.6 Å². The van der Waals surface area contributed by atoms with Gasteiger partial charge in [0.2, 0.25) is 0 Å². The minimum Gasteiger partial charge on any atom is -0.454 e. The molecule has 0 bridgehead atoms. The number of ether oxygens (including phenoxy) is 1. The molecule has 1 N–H and O–H groups in total. The average Bonchev–Trinajstić information content (AvgIpc) is 2.41. The van der Waals surface area contributed by atoms with Crippen molar-refractivity contribution in [3.05, 3.63) is 62.9 Å². The van der Waals surface area contributed by atoms with Crippen molar-refractivity contribution in [1.29, 1.82) is 0 Å². The van der Waals surface area contributed by atoms with Crippen LogP contribution in [0.4, 0.5) is 10.1 Å². The van der Waals surface area contributed by atoms with E-state index in [0.717, 1.165) is 12.1 Å². The zero-order valence-corrected chi connectivity index (χ0v) is 10.8. The molecule has 0 fully saturated rings. The molecule has 0 aliphatic rings. The molecule has 0 aliphatic heterocycles. The molecule has 0 saturated heterocycles. The van der Waals surface area contributed by atoms with Crippen LogP contribution in [0.15, 0.2) is 36.4 Å². The van der Waals surface area contributed by atoms with E-state index in [9.17, 15) is 14.5 Å². The predicted molar refractivity (Wildman–Crippen MR) is 70.5 cm³/mol. The highest BCUT2D eigenvalue weighted by molar-refractivity contribution is 6.31. The number of hydrogen-bond acceptors (Lipinski definition) is 4. The van der Waals surface area contributed by atoms with Crippen molar-refractivity contribution in [2.24, 2.45) is 0 Å². The summed E-state index contributed by atoms with van der Waals surface area (Å²) >= 11 is 5.88. The fourth-order valence-corrected chi connectivity index (χ4v) is 1.76. The van der Waals surface area contributed by atoms with Gasteiger partial charge < -0.3 is 9.84 Å². The highest BCUT2D eigenvalue weighted by Gasteiger charge is 2.12. The number of nitro benzene ring substituents is 1. The monoisotopic (exact) mass is 297 g/mol. The van der Waals surface area contributed by atoms with Crippen molar-refractivity contribution in [3.8, 4) is 11.5 Å². The van der Waals surface area contributed by atoms with Gasteiger partial charge in [-0.15, -0.1) is 0 Å². The average molecular weight is 298 g/mol. The summed E-state index contributed by atoms with van der Waals surface area (Å²) in [6.07, 6.45) is 0. The van der Waals surface area contributed by atoms with Gasteiger partial charge in [-0.1, -0.05) is 17.7 Å². The molecule has 0 radical (unpaired) electrons. The van der Waals surface area contributed by atoms with E-state index in [1.807, 2.05) is 0 Å². The lowest BCUT2D eigenvalue weighted by Crippen LogP contribution is -1.93. The zero-order chi connectivity index (χ0) is 14.7. The number of aliphatic hydroxyl groups excluding tert-OH is 1. The van der Waals surface area contributed by atoms with Gasteiger partial charge in [0.15, 0.2) is 11.6 Å². The van der Waals surface area contributed by atoms with Crippen molar-refractivity contribution in [3.63, 3.8) is 0 Å². The van der Waals surface area contributed by atoms with Gasteiger partial charge in [0, 0.05) is 11.1 Å². The molecular formula is C13H9ClFNO4. The number of non-ortho nitro benzene ring substituents is 1. The van der Waals surface area contributed by atoms with Gasteiger partial charge in [0.25, 0.3) is 5.69 Å². The molecule has 0 amide bonds. The third-order valence-corrected chi connectivity index (χ3v) is 2.90. The van der Waals surface area contributed by atoms with Crippen LogP contribution < -0.4 is 4.74 Å². The van der Waals surface area contributed by atoms with Gasteiger partial charge in [-0.05, 0) is 23.8 Å². The zero-order valence-electron chi connectivity index (χ0n) is 10.0. The van der Waals surface area contributed by atoms with E-state index in [2.05, 4.69) is 0 Å². The van der Waals surface area contributed by atoms with E-state index in [1.54, 1.807) is 6.07 Å². The maximum Gasteiger partial charge on any atom is 0.272 e. The molecule has 5 nitrogen and oxygen atoms in total. The van der Waals surface area contributed by atoms with E-state index in [4.69, 9.17) is 21.4 Å². The Labute approximate surface area is 118 Å². The molecule has 2 rings (SSSR count). The van der Waals surface area contributed by atoms with Crippen molar-refractivity contribution in [2.75, 3.05) is 0 Å². The lowest BCUT2D eigenvalue weighted by Gasteiger charge is -2.08. The Bertz CT molecular complexity index is 663. The SMILES string of the molecule is O=[N+]([O-])c1ccc(Oc2ccc(CO)c(Cl)c2)c(F)c1. The Kier molecular flexibility index (Phi) is 4.16. The fraction of sp³-hybridized carbons (Fsp3) is 0.0769. The highest BCUT2D eigenvalue weighted by Crippen LogP contribution is 2.30. The van der Waals surface area contributed by atoms with Crippen molar-refractivity contribution in [1.82, 2.24) is 0 Å². The first-order valence-electron chi connectivity index (χ1n) is 5.52. The number of hydrogen-bond donors (Lipinski definition) is 1. The molecule has 0 atom stereocenters. The molecule has 20 heavy (non-hydrogen) atoms. The standard InChI is InChI=1S/C13H9ClFNO4/c14-11-6-10(3-1-8(11)7-17)20-13-4-2-9(16(18)19)5-12(13)15/h1-6,17H,7H2. The number of halogens is 2. The van der Waals surface area contributed by atoms with Crippen LogP contribution in [0.5, 0.6) is 11.5 Å². The van der Waals surface area contributed by atoms with Gasteiger partial charge in [-0.3, -0.25) is 10.1 Å². The predicted octanol–water partition coefficient (Wildman–Crippen LogP) is 3.67. The third-order valence-electron chi connectivity index (χ3n) is 2.55. The van der Waals surface area contributed by atoms with Crippen molar-refractivity contribution in [2.45, 2.75) is 6.61 Å². The largest absolute Gasteiger partial charge is 0.454 e. The highest BCUT2D eigenvalue weighted by atomic mass is 35.5. The Balaban J connectivity index is 2.26. The summed E-state index contributed by atoms with van der Waals surface area (Å²) in [6.45, 7) is -0.217. The van der Waals surface area contributed by atoms with Crippen LogP contribution in [0.2, 0.25) is 5.02 Å². The third kappa shape index (κ3) is 3.04. The first-order chi connectivity index (χ1) is 9.51. The Morgan fingerprint density at radius 3 is 2.60 bits per heavy atom. The van der Waals surface area contributed by atoms with Crippen LogP contribution in [0.25, 0.3) is 0 Å². The number of nitro groups is 1. The number of nitrogens with zero attached hydrogens (tertiary/aromatic N) is 1. The minimum absolute atomic E-state index is 0.150. The minimum atomic E-state index is -0.846. The lowest BCUT2D eigenvalue weighted by molar-refractivity contribution is -0.385. The summed E-state index contributed by atoms with van der Waals surface area (Å²) < 4.78 is 18.9. The molecule has 0 saturated carbocycles. The van der Waals surface area contributed by atoms with Crippen LogP contribution in [-0.4, -0.2) is 10.0 Å². The van der Waals surface area contributed by atoms with E-state index in [0.29, 0.717) is 5.56 Å².